The van der Waals surface area contributed by atoms with E-state index in [0.717, 1.165) is 4.20 Å². The summed E-state index contributed by atoms with van der Waals surface area (Å²) in [7, 11) is 0. The summed E-state index contributed by atoms with van der Waals surface area (Å²) in [5.41, 5.74) is 0. The van der Waals surface area contributed by atoms with Crippen LogP contribution in [0.1, 0.15) is 6.42 Å². The molecule has 0 saturated heterocycles. The second kappa shape index (κ2) is 4.24. The smallest absolute Gasteiger partial charge is 0.122 e. The molecule has 0 aromatic carbocycles. The lowest BCUT2D eigenvalue weighted by Gasteiger charge is -2.08. The van der Waals surface area contributed by atoms with E-state index in [9.17, 15) is 0 Å². The number of thioether (sulfide) groups is 1. The van der Waals surface area contributed by atoms with Crippen LogP contribution in [-0.4, -0.2) is 14.2 Å². The Bertz CT molecular complexity index is 107. The molecule has 0 aliphatic rings. The van der Waals surface area contributed by atoms with Crippen LogP contribution in [0.5, 0.6) is 0 Å². The molecule has 0 N–H and O–H groups in total. The van der Waals surface area contributed by atoms with E-state index in [1.165, 1.54) is 11.8 Å². The molecule has 0 aromatic heterocycles. The van der Waals surface area contributed by atoms with Crippen LogP contribution < -0.4 is 0 Å². The van der Waals surface area contributed by atoms with Gasteiger partial charge in [0.15, 0.2) is 3.79 Å². The molecule has 0 atom stereocenters. The molecular weight excluding hydrogens is 219 g/mol. The summed E-state index contributed by atoms with van der Waals surface area (Å²) >= 11 is 22.6. The van der Waals surface area contributed by atoms with E-state index in [1.54, 1.807) is 0 Å². The normalized spacial score (nSPS) is 11.6. The maximum atomic E-state index is 5.44. The molecule has 0 amide bonds. The van der Waals surface area contributed by atoms with Crippen LogP contribution in [0, 0.1) is 0 Å². The summed E-state index contributed by atoms with van der Waals surface area (Å²) in [6.07, 6.45) is 2.20. The standard InChI is InChI=1S/C4H5Cl3S2/c1-9-3(8)2-4(5,6)7/h2H2,1H3. The molecule has 0 aliphatic carbocycles. The highest BCUT2D eigenvalue weighted by atomic mass is 35.6. The monoisotopic (exact) mass is 222 g/mol. The number of hydrogen-bond donors (Lipinski definition) is 0. The van der Waals surface area contributed by atoms with Gasteiger partial charge < -0.3 is 0 Å². The molecule has 0 radical (unpaired) electrons. The number of thiocarbonyl (C=S) groups is 1. The van der Waals surface area contributed by atoms with Gasteiger partial charge >= 0.3 is 0 Å². The third-order valence-corrected chi connectivity index (χ3v) is 2.22. The van der Waals surface area contributed by atoms with Gasteiger partial charge in [0.2, 0.25) is 0 Å². The Hall–Kier alpha value is 1.31. The zero-order valence-corrected chi connectivity index (χ0v) is 8.56. The Morgan fingerprint density at radius 1 is 1.56 bits per heavy atom. The summed E-state index contributed by atoms with van der Waals surface area (Å²) in [5.74, 6) is 0. The molecule has 0 unspecified atom stereocenters. The number of halogens is 3. The highest BCUT2D eigenvalue weighted by molar-refractivity contribution is 8.22. The van der Waals surface area contributed by atoms with E-state index in [1.807, 2.05) is 6.26 Å². The average Bonchev–Trinajstić information content (AvgIpc) is 1.62. The van der Waals surface area contributed by atoms with Crippen molar-refractivity contribution in [2.24, 2.45) is 0 Å². The summed E-state index contributed by atoms with van der Waals surface area (Å²) in [4.78, 5) is 0. The van der Waals surface area contributed by atoms with Crippen molar-refractivity contribution in [1.29, 1.82) is 0 Å². The van der Waals surface area contributed by atoms with Gasteiger partial charge in [0, 0.05) is 6.42 Å². The van der Waals surface area contributed by atoms with Crippen LogP contribution in [0.2, 0.25) is 0 Å². The van der Waals surface area contributed by atoms with Crippen LogP contribution in [-0.2, 0) is 0 Å². The minimum atomic E-state index is -1.22. The van der Waals surface area contributed by atoms with Gasteiger partial charge in [-0.3, -0.25) is 0 Å². The number of alkyl halides is 3. The van der Waals surface area contributed by atoms with Crippen LogP contribution in [0.25, 0.3) is 0 Å². The van der Waals surface area contributed by atoms with Gasteiger partial charge in [0.05, 0.1) is 4.20 Å². The molecule has 0 saturated carbocycles. The molecule has 9 heavy (non-hydrogen) atoms. The van der Waals surface area contributed by atoms with Crippen molar-refractivity contribution in [2.75, 3.05) is 6.26 Å². The molecule has 0 nitrogen and oxygen atoms in total. The fourth-order valence-electron chi connectivity index (χ4n) is 0.236. The third-order valence-electron chi connectivity index (χ3n) is 0.572. The molecule has 0 bridgehead atoms. The fourth-order valence-corrected chi connectivity index (χ4v) is 1.69. The van der Waals surface area contributed by atoms with E-state index in [0.29, 0.717) is 6.42 Å². The quantitative estimate of drug-likeness (QED) is 0.493. The Morgan fingerprint density at radius 2 is 2.00 bits per heavy atom. The van der Waals surface area contributed by atoms with Gasteiger partial charge in [0.1, 0.15) is 0 Å². The van der Waals surface area contributed by atoms with Crippen LogP contribution in [0.15, 0.2) is 0 Å². The SMILES string of the molecule is CSC(=S)CC(Cl)(Cl)Cl. The number of hydrogen-bond acceptors (Lipinski definition) is 2. The van der Waals surface area contributed by atoms with E-state index < -0.39 is 3.79 Å². The molecule has 0 heterocycles. The van der Waals surface area contributed by atoms with Crippen molar-refractivity contribution in [1.82, 2.24) is 0 Å². The lowest BCUT2D eigenvalue weighted by Crippen LogP contribution is -2.06. The van der Waals surface area contributed by atoms with E-state index in [-0.39, 0.29) is 0 Å². The molecule has 54 valence electrons. The molecule has 0 aliphatic heterocycles. The van der Waals surface area contributed by atoms with E-state index in [2.05, 4.69) is 0 Å². The molecular formula is C4H5Cl3S2. The number of rotatable bonds is 1. The predicted molar refractivity (Wildman–Crippen MR) is 51.0 cm³/mol. The molecule has 5 heteroatoms. The van der Waals surface area contributed by atoms with Crippen LogP contribution in [0.4, 0.5) is 0 Å². The zero-order valence-electron chi connectivity index (χ0n) is 4.66. The first-order chi connectivity index (χ1) is 3.95. The minimum Gasteiger partial charge on any atom is -0.122 e. The van der Waals surface area contributed by atoms with Crippen molar-refractivity contribution in [3.05, 3.63) is 0 Å². The molecule has 0 aromatic rings. The van der Waals surface area contributed by atoms with Crippen LogP contribution >= 0.6 is 58.8 Å². The van der Waals surface area contributed by atoms with Crippen molar-refractivity contribution in [2.45, 2.75) is 10.2 Å². The van der Waals surface area contributed by atoms with Gasteiger partial charge in [-0.2, -0.15) is 0 Å². The predicted octanol–water partition coefficient (Wildman–Crippen LogP) is 3.44. The second-order valence-electron chi connectivity index (χ2n) is 1.37. The van der Waals surface area contributed by atoms with E-state index >= 15 is 0 Å². The fraction of sp³-hybridized carbons (Fsp3) is 0.750. The highest BCUT2D eigenvalue weighted by Gasteiger charge is 2.20. The van der Waals surface area contributed by atoms with Crippen molar-refractivity contribution in [3.8, 4) is 0 Å². The van der Waals surface area contributed by atoms with Gasteiger partial charge in [-0.05, 0) is 6.26 Å². The summed E-state index contributed by atoms with van der Waals surface area (Å²) in [5, 5.41) is 0. The van der Waals surface area contributed by atoms with Gasteiger partial charge in [0.25, 0.3) is 0 Å². The Morgan fingerprint density at radius 3 is 2.11 bits per heavy atom. The average molecular weight is 224 g/mol. The molecule has 0 spiro atoms. The largest absolute Gasteiger partial charge is 0.195 e. The minimum absolute atomic E-state index is 0.341. The van der Waals surface area contributed by atoms with E-state index in [4.69, 9.17) is 47.0 Å². The Kier molecular flexibility index (Phi) is 4.86. The van der Waals surface area contributed by atoms with Crippen LogP contribution in [0.3, 0.4) is 0 Å². The highest BCUT2D eigenvalue weighted by Crippen LogP contribution is 2.32. The van der Waals surface area contributed by atoms with Gasteiger partial charge in [-0.25, -0.2) is 0 Å². The Balaban J connectivity index is 3.60. The first kappa shape index (κ1) is 10.3. The van der Waals surface area contributed by atoms with Gasteiger partial charge in [-0.1, -0.05) is 47.0 Å². The maximum Gasteiger partial charge on any atom is 0.195 e. The first-order valence-electron chi connectivity index (χ1n) is 2.09. The summed E-state index contributed by atoms with van der Waals surface area (Å²) in [6, 6.07) is 0. The van der Waals surface area contributed by atoms with Crippen molar-refractivity contribution in [3.63, 3.8) is 0 Å². The topological polar surface area (TPSA) is 0 Å². The van der Waals surface area contributed by atoms with Gasteiger partial charge in [-0.15, -0.1) is 11.8 Å². The second-order valence-corrected chi connectivity index (χ2v) is 5.54. The molecule has 0 fully saturated rings. The lowest BCUT2D eigenvalue weighted by atomic mass is 10.5. The zero-order chi connectivity index (χ0) is 7.49. The summed E-state index contributed by atoms with van der Waals surface area (Å²) in [6.45, 7) is 0. The Labute approximate surface area is 79.2 Å². The lowest BCUT2D eigenvalue weighted by molar-refractivity contribution is 1.16. The van der Waals surface area contributed by atoms with Crippen molar-refractivity contribution < 1.29 is 0 Å². The van der Waals surface area contributed by atoms with Crippen molar-refractivity contribution >= 4 is 63.0 Å². The molecule has 0 rings (SSSR count). The first-order valence-corrected chi connectivity index (χ1v) is 4.86. The third kappa shape index (κ3) is 7.20. The maximum absolute atomic E-state index is 5.44. The summed E-state index contributed by atoms with van der Waals surface area (Å²) < 4.78 is -0.505.